The minimum absolute atomic E-state index is 0.262. The molecule has 0 radical (unpaired) electrons. The van der Waals surface area contributed by atoms with Gasteiger partial charge in [0.1, 0.15) is 5.75 Å². The first-order chi connectivity index (χ1) is 13.5. The quantitative estimate of drug-likeness (QED) is 0.655. The molecule has 0 aromatic heterocycles. The second-order valence-corrected chi connectivity index (χ2v) is 7.68. The van der Waals surface area contributed by atoms with Crippen LogP contribution >= 0.6 is 23.2 Å². The van der Waals surface area contributed by atoms with Gasteiger partial charge in [0.2, 0.25) is 0 Å². The summed E-state index contributed by atoms with van der Waals surface area (Å²) in [5.41, 5.74) is 2.36. The second-order valence-electron chi connectivity index (χ2n) is 6.90. The van der Waals surface area contributed by atoms with Crippen molar-refractivity contribution < 1.29 is 19.0 Å². The molecule has 2 aromatic carbocycles. The fourth-order valence-electron chi connectivity index (χ4n) is 3.54. The first-order valence-electron chi connectivity index (χ1n) is 9.31. The number of fused-ring (bicyclic) bond motifs is 2. The second kappa shape index (κ2) is 7.91. The first kappa shape index (κ1) is 19.5. The molecule has 0 unspecified atom stereocenters. The van der Waals surface area contributed by atoms with Crippen molar-refractivity contribution in [3.63, 3.8) is 0 Å². The van der Waals surface area contributed by atoms with Gasteiger partial charge in [-0.15, -0.1) is 0 Å². The van der Waals surface area contributed by atoms with Crippen molar-refractivity contribution in [3.05, 3.63) is 57.6 Å². The van der Waals surface area contributed by atoms with Crippen LogP contribution in [0, 0.1) is 6.92 Å². The van der Waals surface area contributed by atoms with Crippen LogP contribution in [0.1, 0.15) is 24.0 Å². The molecule has 1 spiro atoms. The topological polar surface area (TPSA) is 48.0 Å². The van der Waals surface area contributed by atoms with Crippen molar-refractivity contribution in [3.8, 4) is 5.75 Å². The highest BCUT2D eigenvalue weighted by molar-refractivity contribution is 6.44. The summed E-state index contributed by atoms with van der Waals surface area (Å²) in [5.74, 6) is -0.878. The zero-order chi connectivity index (χ0) is 19.7. The van der Waals surface area contributed by atoms with Gasteiger partial charge in [-0.3, -0.25) is 4.79 Å². The summed E-state index contributed by atoms with van der Waals surface area (Å²) in [4.78, 5) is 14.8. The van der Waals surface area contributed by atoms with E-state index in [0.29, 0.717) is 54.1 Å². The predicted molar refractivity (Wildman–Crippen MR) is 108 cm³/mol. The standard InChI is InChI=1S/C21H21Cl2NO4/c1-14-4-6-15(7-5-14)26-11-2-10-24-19-16(8-9-17(22)18(19)23)21(20(24)25)27-12-3-13-28-21/h4-9H,2-3,10-13H2,1H3. The summed E-state index contributed by atoms with van der Waals surface area (Å²) in [7, 11) is 0. The Kier molecular flexibility index (Phi) is 5.52. The molecule has 1 fully saturated rings. The van der Waals surface area contributed by atoms with E-state index in [1.165, 1.54) is 5.56 Å². The molecule has 0 aliphatic carbocycles. The van der Waals surface area contributed by atoms with E-state index in [9.17, 15) is 4.79 Å². The molecule has 0 bridgehead atoms. The monoisotopic (exact) mass is 421 g/mol. The van der Waals surface area contributed by atoms with Gasteiger partial charge >= 0.3 is 0 Å². The lowest BCUT2D eigenvalue weighted by Crippen LogP contribution is -2.47. The third-order valence-corrected chi connectivity index (χ3v) is 5.73. The van der Waals surface area contributed by atoms with Gasteiger partial charge in [0.25, 0.3) is 11.7 Å². The van der Waals surface area contributed by atoms with Gasteiger partial charge in [-0.2, -0.15) is 0 Å². The lowest BCUT2D eigenvalue weighted by Gasteiger charge is -2.32. The molecule has 2 heterocycles. The number of hydrogen-bond acceptors (Lipinski definition) is 4. The Hall–Kier alpha value is -1.79. The van der Waals surface area contributed by atoms with Gasteiger partial charge in [-0.05, 0) is 44.0 Å². The zero-order valence-corrected chi connectivity index (χ0v) is 17.1. The lowest BCUT2D eigenvalue weighted by molar-refractivity contribution is -0.256. The number of carbonyl (C=O) groups is 1. The lowest BCUT2D eigenvalue weighted by atomic mass is 10.1. The molecule has 0 saturated carbocycles. The average molecular weight is 422 g/mol. The number of rotatable bonds is 5. The molecule has 7 heteroatoms. The van der Waals surface area contributed by atoms with Crippen molar-refractivity contribution in [1.29, 1.82) is 0 Å². The van der Waals surface area contributed by atoms with Crippen molar-refractivity contribution in [2.45, 2.75) is 25.6 Å². The summed E-state index contributed by atoms with van der Waals surface area (Å²) in [6.07, 6.45) is 1.37. The zero-order valence-electron chi connectivity index (χ0n) is 15.5. The molecule has 1 saturated heterocycles. The van der Waals surface area contributed by atoms with E-state index in [2.05, 4.69) is 0 Å². The van der Waals surface area contributed by atoms with Crippen LogP contribution in [-0.2, 0) is 20.1 Å². The summed E-state index contributed by atoms with van der Waals surface area (Å²) < 4.78 is 17.4. The van der Waals surface area contributed by atoms with Crippen LogP contribution < -0.4 is 9.64 Å². The maximum atomic E-state index is 13.2. The van der Waals surface area contributed by atoms with E-state index >= 15 is 0 Å². The van der Waals surface area contributed by atoms with Crippen molar-refractivity contribution >= 4 is 34.8 Å². The minimum Gasteiger partial charge on any atom is -0.494 e. The molecule has 148 valence electrons. The molecule has 2 aliphatic heterocycles. The van der Waals surface area contributed by atoms with Crippen molar-refractivity contribution in [1.82, 2.24) is 0 Å². The van der Waals surface area contributed by atoms with Crippen molar-refractivity contribution in [2.75, 3.05) is 31.3 Å². The van der Waals surface area contributed by atoms with E-state index in [0.717, 1.165) is 12.2 Å². The first-order valence-corrected chi connectivity index (χ1v) is 10.1. The molecule has 4 rings (SSSR count). The summed E-state index contributed by atoms with van der Waals surface area (Å²) in [5, 5.41) is 0.726. The van der Waals surface area contributed by atoms with Crippen LogP contribution in [0.25, 0.3) is 0 Å². The Morgan fingerprint density at radius 1 is 1.11 bits per heavy atom. The van der Waals surface area contributed by atoms with Crippen LogP contribution in [0.5, 0.6) is 5.75 Å². The van der Waals surface area contributed by atoms with Crippen LogP contribution in [0.3, 0.4) is 0 Å². The van der Waals surface area contributed by atoms with Gasteiger partial charge in [0.05, 0.1) is 35.6 Å². The maximum absolute atomic E-state index is 13.2. The van der Waals surface area contributed by atoms with Gasteiger partial charge in [0.15, 0.2) is 0 Å². The molecular formula is C21H21Cl2NO4. The van der Waals surface area contributed by atoms with Gasteiger partial charge < -0.3 is 19.1 Å². The maximum Gasteiger partial charge on any atom is 0.292 e. The number of nitrogens with zero attached hydrogens (tertiary/aromatic N) is 1. The highest BCUT2D eigenvalue weighted by atomic mass is 35.5. The highest BCUT2D eigenvalue weighted by Gasteiger charge is 2.55. The van der Waals surface area contributed by atoms with Crippen LogP contribution in [0.15, 0.2) is 36.4 Å². The van der Waals surface area contributed by atoms with E-state index in [4.69, 9.17) is 37.4 Å². The van der Waals surface area contributed by atoms with Crippen LogP contribution in [0.2, 0.25) is 10.0 Å². The SMILES string of the molecule is Cc1ccc(OCCCN2C(=O)C3(OCCCO3)c3ccc(Cl)c(Cl)c32)cc1. The number of anilines is 1. The van der Waals surface area contributed by atoms with E-state index in [-0.39, 0.29) is 5.91 Å². The molecular weight excluding hydrogens is 401 g/mol. The Labute approximate surface area is 174 Å². The Morgan fingerprint density at radius 2 is 1.82 bits per heavy atom. The Morgan fingerprint density at radius 3 is 2.54 bits per heavy atom. The van der Waals surface area contributed by atoms with E-state index in [1.54, 1.807) is 17.0 Å². The molecule has 0 atom stereocenters. The van der Waals surface area contributed by atoms with E-state index in [1.807, 2.05) is 31.2 Å². The number of benzene rings is 2. The van der Waals surface area contributed by atoms with Gasteiger partial charge in [-0.25, -0.2) is 0 Å². The number of hydrogen-bond donors (Lipinski definition) is 0. The van der Waals surface area contributed by atoms with Gasteiger partial charge in [0, 0.05) is 12.1 Å². The Balaban J connectivity index is 1.51. The predicted octanol–water partition coefficient (Wildman–Crippen LogP) is 4.71. The third-order valence-electron chi connectivity index (χ3n) is 4.94. The largest absolute Gasteiger partial charge is 0.494 e. The summed E-state index contributed by atoms with van der Waals surface area (Å²) in [6, 6.07) is 11.3. The molecule has 28 heavy (non-hydrogen) atoms. The highest BCUT2D eigenvalue weighted by Crippen LogP contribution is 2.50. The third kappa shape index (κ3) is 3.37. The molecule has 1 amide bonds. The van der Waals surface area contributed by atoms with E-state index < -0.39 is 5.79 Å². The molecule has 0 N–H and O–H groups in total. The number of ether oxygens (including phenoxy) is 3. The summed E-state index contributed by atoms with van der Waals surface area (Å²) in [6.45, 7) is 3.83. The molecule has 2 aliphatic rings. The fourth-order valence-corrected chi connectivity index (χ4v) is 3.96. The smallest absolute Gasteiger partial charge is 0.292 e. The fraction of sp³-hybridized carbons (Fsp3) is 0.381. The molecule has 2 aromatic rings. The number of amides is 1. The number of halogens is 2. The number of aryl methyl sites for hydroxylation is 1. The van der Waals surface area contributed by atoms with Crippen LogP contribution in [-0.4, -0.2) is 32.3 Å². The normalized spacial score (nSPS) is 17.8. The Bertz CT molecular complexity index is 879. The van der Waals surface area contributed by atoms with Crippen LogP contribution in [0.4, 0.5) is 5.69 Å². The minimum atomic E-state index is -1.42. The summed E-state index contributed by atoms with van der Waals surface area (Å²) >= 11 is 12.7. The average Bonchev–Trinajstić information content (AvgIpc) is 2.93. The molecule has 5 nitrogen and oxygen atoms in total. The van der Waals surface area contributed by atoms with Crippen molar-refractivity contribution in [2.24, 2.45) is 0 Å². The van der Waals surface area contributed by atoms with Gasteiger partial charge in [-0.1, -0.05) is 40.9 Å². The number of carbonyl (C=O) groups excluding carboxylic acids is 1.